The van der Waals surface area contributed by atoms with Crippen LogP contribution in [0.3, 0.4) is 0 Å². The number of carbonyl (C=O) groups is 1. The molecular weight excluding hydrogens is 424 g/mol. The van der Waals surface area contributed by atoms with Gasteiger partial charge in [0.05, 0.1) is 5.69 Å². The van der Waals surface area contributed by atoms with Gasteiger partial charge in [-0.05, 0) is 74.5 Å². The molecule has 7 heteroatoms. The van der Waals surface area contributed by atoms with Crippen LogP contribution >= 0.6 is 11.6 Å². The zero-order valence-corrected chi connectivity index (χ0v) is 18.4. The van der Waals surface area contributed by atoms with Crippen LogP contribution in [0.2, 0.25) is 5.02 Å². The molecule has 0 bridgehead atoms. The van der Waals surface area contributed by atoms with E-state index in [2.05, 4.69) is 20.6 Å². The monoisotopic (exact) mass is 444 g/mol. The van der Waals surface area contributed by atoms with Crippen LogP contribution < -0.4 is 15.4 Å². The molecule has 2 N–H and O–H groups in total. The standard InChI is InChI=1S/C25H21ClN4O2/c1-16-14-17(2)28-25(27-16)29-20-11-8-18(9-12-20)24(31)30-22-15-19(26)10-13-23(22)32-21-6-4-3-5-7-21/h3-15H,1-2H3,(H,30,31)(H,27,28,29). The van der Waals surface area contributed by atoms with Crippen LogP contribution in [-0.2, 0) is 0 Å². The van der Waals surface area contributed by atoms with Gasteiger partial charge in [-0.2, -0.15) is 0 Å². The first-order chi connectivity index (χ1) is 15.5. The number of anilines is 3. The molecule has 160 valence electrons. The van der Waals surface area contributed by atoms with Crippen molar-refractivity contribution in [3.8, 4) is 11.5 Å². The fourth-order valence-electron chi connectivity index (χ4n) is 3.11. The molecule has 0 aliphatic heterocycles. The number of carbonyl (C=O) groups excluding carboxylic acids is 1. The highest BCUT2D eigenvalue weighted by Crippen LogP contribution is 2.32. The molecule has 0 fully saturated rings. The zero-order chi connectivity index (χ0) is 22.5. The minimum Gasteiger partial charge on any atom is -0.455 e. The van der Waals surface area contributed by atoms with Crippen LogP contribution in [0.25, 0.3) is 0 Å². The molecule has 6 nitrogen and oxygen atoms in total. The molecule has 0 spiro atoms. The number of halogens is 1. The Balaban J connectivity index is 1.49. The number of nitrogens with one attached hydrogen (secondary N) is 2. The minimum absolute atomic E-state index is 0.278. The van der Waals surface area contributed by atoms with E-state index >= 15 is 0 Å². The smallest absolute Gasteiger partial charge is 0.255 e. The summed E-state index contributed by atoms with van der Waals surface area (Å²) in [5, 5.41) is 6.53. The lowest BCUT2D eigenvalue weighted by Gasteiger charge is -2.13. The van der Waals surface area contributed by atoms with E-state index in [4.69, 9.17) is 16.3 Å². The van der Waals surface area contributed by atoms with Crippen LogP contribution in [0, 0.1) is 13.8 Å². The Bertz CT molecular complexity index is 1220. The fraction of sp³-hybridized carbons (Fsp3) is 0.0800. The number of amides is 1. The molecule has 0 atom stereocenters. The van der Waals surface area contributed by atoms with Crippen LogP contribution in [0.5, 0.6) is 11.5 Å². The van der Waals surface area contributed by atoms with Crippen molar-refractivity contribution >= 4 is 34.8 Å². The Morgan fingerprint density at radius 1 is 0.875 bits per heavy atom. The van der Waals surface area contributed by atoms with Crippen molar-refractivity contribution in [1.29, 1.82) is 0 Å². The van der Waals surface area contributed by atoms with E-state index in [9.17, 15) is 4.79 Å². The summed E-state index contributed by atoms with van der Waals surface area (Å²) in [6.45, 7) is 3.83. The summed E-state index contributed by atoms with van der Waals surface area (Å²) in [6, 6.07) is 23.4. The molecule has 0 aliphatic rings. The molecule has 0 unspecified atom stereocenters. The molecular formula is C25H21ClN4O2. The molecule has 0 saturated heterocycles. The van der Waals surface area contributed by atoms with Crippen LogP contribution in [0.15, 0.2) is 78.9 Å². The number of aryl methyl sites for hydroxylation is 2. The number of rotatable bonds is 6. The van der Waals surface area contributed by atoms with Gasteiger partial charge in [-0.3, -0.25) is 4.79 Å². The van der Waals surface area contributed by atoms with Gasteiger partial charge in [0.2, 0.25) is 5.95 Å². The maximum atomic E-state index is 12.8. The molecule has 32 heavy (non-hydrogen) atoms. The van der Waals surface area contributed by atoms with Crippen molar-refractivity contribution in [3.05, 3.63) is 101 Å². The van der Waals surface area contributed by atoms with Gasteiger partial charge in [-0.1, -0.05) is 29.8 Å². The molecule has 1 aromatic heterocycles. The average molecular weight is 445 g/mol. The van der Waals surface area contributed by atoms with Gasteiger partial charge in [-0.25, -0.2) is 9.97 Å². The third kappa shape index (κ3) is 5.42. The normalized spacial score (nSPS) is 10.5. The minimum atomic E-state index is -0.278. The quantitative estimate of drug-likeness (QED) is 0.353. The van der Waals surface area contributed by atoms with E-state index in [1.165, 1.54) is 0 Å². The maximum Gasteiger partial charge on any atom is 0.255 e. The van der Waals surface area contributed by atoms with Gasteiger partial charge in [-0.15, -0.1) is 0 Å². The largest absolute Gasteiger partial charge is 0.455 e. The lowest BCUT2D eigenvalue weighted by molar-refractivity contribution is 0.102. The molecule has 4 aromatic rings. The molecule has 4 rings (SSSR count). The second kappa shape index (κ2) is 9.49. The first-order valence-electron chi connectivity index (χ1n) is 9.99. The summed E-state index contributed by atoms with van der Waals surface area (Å²) in [6.07, 6.45) is 0. The van der Waals surface area contributed by atoms with Gasteiger partial charge < -0.3 is 15.4 Å². The summed E-state index contributed by atoms with van der Waals surface area (Å²) in [5.74, 6) is 1.40. The van der Waals surface area contributed by atoms with Crippen molar-refractivity contribution in [2.75, 3.05) is 10.6 Å². The van der Waals surface area contributed by atoms with E-state index in [0.717, 1.165) is 17.1 Å². The number of hydrogen-bond donors (Lipinski definition) is 2. The van der Waals surface area contributed by atoms with Crippen LogP contribution in [0.4, 0.5) is 17.3 Å². The number of aromatic nitrogens is 2. The second-order valence-corrected chi connectivity index (χ2v) is 7.62. The van der Waals surface area contributed by atoms with Crippen molar-refractivity contribution in [3.63, 3.8) is 0 Å². The van der Waals surface area contributed by atoms with Crippen molar-refractivity contribution in [2.24, 2.45) is 0 Å². The number of nitrogens with zero attached hydrogens (tertiary/aromatic N) is 2. The summed E-state index contributed by atoms with van der Waals surface area (Å²) < 4.78 is 5.91. The van der Waals surface area contributed by atoms with E-state index < -0.39 is 0 Å². The van der Waals surface area contributed by atoms with Crippen molar-refractivity contribution in [1.82, 2.24) is 9.97 Å². The predicted molar refractivity (Wildman–Crippen MR) is 127 cm³/mol. The Kier molecular flexibility index (Phi) is 6.33. The number of para-hydroxylation sites is 1. The van der Waals surface area contributed by atoms with Gasteiger partial charge >= 0.3 is 0 Å². The number of hydrogen-bond acceptors (Lipinski definition) is 5. The predicted octanol–water partition coefficient (Wildman–Crippen LogP) is 6.54. The highest BCUT2D eigenvalue weighted by atomic mass is 35.5. The van der Waals surface area contributed by atoms with Crippen molar-refractivity contribution in [2.45, 2.75) is 13.8 Å². The Morgan fingerprint density at radius 2 is 1.56 bits per heavy atom. The second-order valence-electron chi connectivity index (χ2n) is 7.19. The third-order valence-corrected chi connectivity index (χ3v) is 4.78. The molecule has 0 radical (unpaired) electrons. The Morgan fingerprint density at radius 3 is 2.25 bits per heavy atom. The molecule has 1 heterocycles. The fourth-order valence-corrected chi connectivity index (χ4v) is 3.29. The topological polar surface area (TPSA) is 76.1 Å². The Hall–Kier alpha value is -3.90. The first-order valence-corrected chi connectivity index (χ1v) is 10.4. The molecule has 3 aromatic carbocycles. The molecule has 0 saturated carbocycles. The van der Waals surface area contributed by atoms with E-state index in [1.54, 1.807) is 42.5 Å². The maximum absolute atomic E-state index is 12.8. The average Bonchev–Trinajstić information content (AvgIpc) is 2.76. The summed E-state index contributed by atoms with van der Waals surface area (Å²) in [5.41, 5.74) is 3.51. The number of ether oxygens (including phenoxy) is 1. The van der Waals surface area contributed by atoms with E-state index in [0.29, 0.717) is 33.7 Å². The summed E-state index contributed by atoms with van der Waals surface area (Å²) >= 11 is 6.14. The first kappa shape index (κ1) is 21.3. The summed E-state index contributed by atoms with van der Waals surface area (Å²) in [7, 11) is 0. The lowest BCUT2D eigenvalue weighted by atomic mass is 10.2. The molecule has 1 amide bonds. The lowest BCUT2D eigenvalue weighted by Crippen LogP contribution is -2.12. The Labute approximate surface area is 191 Å². The summed E-state index contributed by atoms with van der Waals surface area (Å²) in [4.78, 5) is 21.6. The van der Waals surface area contributed by atoms with Gasteiger partial charge in [0.25, 0.3) is 5.91 Å². The van der Waals surface area contributed by atoms with Gasteiger partial charge in [0.15, 0.2) is 5.75 Å². The van der Waals surface area contributed by atoms with E-state index in [1.807, 2.05) is 50.2 Å². The zero-order valence-electron chi connectivity index (χ0n) is 17.6. The van der Waals surface area contributed by atoms with Gasteiger partial charge in [0, 0.05) is 27.7 Å². The third-order valence-electron chi connectivity index (χ3n) is 4.55. The van der Waals surface area contributed by atoms with Crippen LogP contribution in [0.1, 0.15) is 21.7 Å². The number of benzene rings is 3. The van der Waals surface area contributed by atoms with Gasteiger partial charge in [0.1, 0.15) is 5.75 Å². The van der Waals surface area contributed by atoms with Crippen molar-refractivity contribution < 1.29 is 9.53 Å². The highest BCUT2D eigenvalue weighted by Gasteiger charge is 2.12. The van der Waals surface area contributed by atoms with E-state index in [-0.39, 0.29) is 5.91 Å². The highest BCUT2D eigenvalue weighted by molar-refractivity contribution is 6.31. The SMILES string of the molecule is Cc1cc(C)nc(Nc2ccc(C(=O)Nc3cc(Cl)ccc3Oc3ccccc3)cc2)n1. The van der Waals surface area contributed by atoms with Crippen LogP contribution in [-0.4, -0.2) is 15.9 Å². The molecule has 0 aliphatic carbocycles.